The number of nitro benzene ring substituents is 1. The smallest absolute Gasteiger partial charge is 0.292 e. The van der Waals surface area contributed by atoms with Crippen LogP contribution in [0.1, 0.15) is 29.8 Å². The highest BCUT2D eigenvalue weighted by molar-refractivity contribution is 7.80. The Balaban J connectivity index is 2.04. The minimum Gasteiger partial charge on any atom is -0.491 e. The van der Waals surface area contributed by atoms with Crippen molar-refractivity contribution in [1.29, 1.82) is 0 Å². The fraction of sp³-hybridized carbons (Fsp3) is 0.222. The lowest BCUT2D eigenvalue weighted by molar-refractivity contribution is -0.383. The van der Waals surface area contributed by atoms with Gasteiger partial charge in [-0.15, -0.1) is 0 Å². The molecule has 0 aromatic heterocycles. The molecular formula is C18H19N3O4S. The summed E-state index contributed by atoms with van der Waals surface area (Å²) in [7, 11) is 0. The summed E-state index contributed by atoms with van der Waals surface area (Å²) in [5.74, 6) is 0.237. The number of rotatable bonds is 5. The van der Waals surface area contributed by atoms with Crippen molar-refractivity contribution in [3.8, 4) is 5.75 Å². The first kappa shape index (κ1) is 19.3. The number of nitrogens with zero attached hydrogens (tertiary/aromatic N) is 1. The van der Waals surface area contributed by atoms with Gasteiger partial charge in [0.2, 0.25) is 0 Å². The summed E-state index contributed by atoms with van der Waals surface area (Å²) in [6.45, 7) is 5.58. The van der Waals surface area contributed by atoms with Crippen molar-refractivity contribution in [3.63, 3.8) is 0 Å². The fourth-order valence-corrected chi connectivity index (χ4v) is 2.39. The molecule has 0 fully saturated rings. The van der Waals surface area contributed by atoms with Crippen LogP contribution in [0.25, 0.3) is 0 Å². The van der Waals surface area contributed by atoms with Crippen LogP contribution in [0.5, 0.6) is 5.75 Å². The number of amides is 1. The highest BCUT2D eigenvalue weighted by Gasteiger charge is 2.16. The number of hydrogen-bond donors (Lipinski definition) is 2. The molecule has 26 heavy (non-hydrogen) atoms. The van der Waals surface area contributed by atoms with Gasteiger partial charge in [-0.1, -0.05) is 6.07 Å². The molecule has 0 bridgehead atoms. The normalized spacial score (nSPS) is 10.3. The molecule has 0 saturated heterocycles. The number of carbonyl (C=O) groups is 1. The van der Waals surface area contributed by atoms with Crippen LogP contribution in [0.3, 0.4) is 0 Å². The molecule has 2 aromatic rings. The van der Waals surface area contributed by atoms with E-state index in [0.29, 0.717) is 11.3 Å². The Bertz CT molecular complexity index is 835. The van der Waals surface area contributed by atoms with Gasteiger partial charge in [0.25, 0.3) is 11.6 Å². The quantitative estimate of drug-likeness (QED) is 0.470. The van der Waals surface area contributed by atoms with E-state index in [9.17, 15) is 14.9 Å². The number of anilines is 1. The molecule has 7 nitrogen and oxygen atoms in total. The van der Waals surface area contributed by atoms with E-state index in [1.165, 1.54) is 6.07 Å². The van der Waals surface area contributed by atoms with Gasteiger partial charge >= 0.3 is 0 Å². The SMILES string of the molecule is Cc1ccc(NC(=S)NC(=O)c2ccc(OC(C)C)cc2)c([N+](=O)[O-])c1. The molecule has 0 aliphatic carbocycles. The van der Waals surface area contributed by atoms with Crippen molar-refractivity contribution < 1.29 is 14.5 Å². The van der Waals surface area contributed by atoms with Crippen LogP contribution in [-0.2, 0) is 0 Å². The van der Waals surface area contributed by atoms with E-state index in [-0.39, 0.29) is 22.6 Å². The van der Waals surface area contributed by atoms with E-state index >= 15 is 0 Å². The predicted octanol–water partition coefficient (Wildman–Crippen LogP) is 3.82. The zero-order chi connectivity index (χ0) is 19.3. The fourth-order valence-electron chi connectivity index (χ4n) is 2.18. The minimum absolute atomic E-state index is 0.0236. The van der Waals surface area contributed by atoms with E-state index in [1.54, 1.807) is 43.3 Å². The standard InChI is InChI=1S/C18H19N3O4S/c1-11(2)25-14-7-5-13(6-8-14)17(22)20-18(26)19-15-9-4-12(3)10-16(15)21(23)24/h4-11H,1-3H3,(H2,19,20,22,26). The second-order valence-corrected chi connectivity index (χ2v) is 6.29. The molecule has 0 saturated carbocycles. The van der Waals surface area contributed by atoms with Crippen LogP contribution in [-0.4, -0.2) is 22.0 Å². The molecule has 2 N–H and O–H groups in total. The predicted molar refractivity (Wildman–Crippen MR) is 104 cm³/mol. The molecule has 0 heterocycles. The maximum Gasteiger partial charge on any atom is 0.292 e. The first-order valence-electron chi connectivity index (χ1n) is 7.90. The Hall–Kier alpha value is -3.00. The van der Waals surface area contributed by atoms with Crippen LogP contribution in [0.4, 0.5) is 11.4 Å². The minimum atomic E-state index is -0.507. The van der Waals surface area contributed by atoms with Gasteiger partial charge in [-0.3, -0.25) is 20.2 Å². The van der Waals surface area contributed by atoms with E-state index in [0.717, 1.165) is 5.56 Å². The van der Waals surface area contributed by atoms with Crippen molar-refractivity contribution in [1.82, 2.24) is 5.32 Å². The average molecular weight is 373 g/mol. The zero-order valence-electron chi connectivity index (χ0n) is 14.6. The summed E-state index contributed by atoms with van der Waals surface area (Å²) in [4.78, 5) is 22.9. The summed E-state index contributed by atoms with van der Waals surface area (Å²) in [5, 5.41) is 16.3. The summed E-state index contributed by atoms with van der Waals surface area (Å²) >= 11 is 5.08. The molecule has 8 heteroatoms. The van der Waals surface area contributed by atoms with Crippen molar-refractivity contribution >= 4 is 34.6 Å². The molecule has 2 aromatic carbocycles. The van der Waals surface area contributed by atoms with Crippen LogP contribution in [0.15, 0.2) is 42.5 Å². The monoisotopic (exact) mass is 373 g/mol. The van der Waals surface area contributed by atoms with Crippen LogP contribution >= 0.6 is 12.2 Å². The lowest BCUT2D eigenvalue weighted by atomic mass is 10.2. The molecule has 0 spiro atoms. The highest BCUT2D eigenvalue weighted by Crippen LogP contribution is 2.25. The van der Waals surface area contributed by atoms with Gasteiger partial charge < -0.3 is 10.1 Å². The molecule has 0 radical (unpaired) electrons. The Morgan fingerprint density at radius 2 is 1.85 bits per heavy atom. The number of hydrogen-bond acceptors (Lipinski definition) is 5. The van der Waals surface area contributed by atoms with E-state index in [1.807, 2.05) is 13.8 Å². The highest BCUT2D eigenvalue weighted by atomic mass is 32.1. The van der Waals surface area contributed by atoms with Crippen molar-refractivity contribution in [2.75, 3.05) is 5.32 Å². The third-order valence-corrected chi connectivity index (χ3v) is 3.52. The molecule has 0 aliphatic rings. The summed E-state index contributed by atoms with van der Waals surface area (Å²) < 4.78 is 5.52. The zero-order valence-corrected chi connectivity index (χ0v) is 15.4. The largest absolute Gasteiger partial charge is 0.491 e. The number of nitro groups is 1. The lowest BCUT2D eigenvalue weighted by Crippen LogP contribution is -2.34. The van der Waals surface area contributed by atoms with Crippen molar-refractivity contribution in [3.05, 3.63) is 63.7 Å². The third kappa shape index (κ3) is 5.25. The maximum absolute atomic E-state index is 12.2. The van der Waals surface area contributed by atoms with Crippen molar-refractivity contribution in [2.24, 2.45) is 0 Å². The summed E-state index contributed by atoms with van der Waals surface area (Å²) in [5.41, 5.74) is 1.24. The number of carbonyl (C=O) groups excluding carboxylic acids is 1. The Labute approximate surface area is 156 Å². The first-order chi connectivity index (χ1) is 12.3. The van der Waals surface area contributed by atoms with Gasteiger partial charge in [-0.25, -0.2) is 0 Å². The molecule has 0 atom stereocenters. The molecule has 2 rings (SSSR count). The first-order valence-corrected chi connectivity index (χ1v) is 8.31. The Kier molecular flexibility index (Phi) is 6.24. The number of aryl methyl sites for hydroxylation is 1. The molecular weight excluding hydrogens is 354 g/mol. The van der Waals surface area contributed by atoms with Gasteiger partial charge in [0, 0.05) is 11.6 Å². The van der Waals surface area contributed by atoms with E-state index < -0.39 is 10.8 Å². The maximum atomic E-state index is 12.2. The van der Waals surface area contributed by atoms with Gasteiger partial charge in [-0.05, 0) is 68.9 Å². The van der Waals surface area contributed by atoms with Gasteiger partial charge in [-0.2, -0.15) is 0 Å². The Morgan fingerprint density at radius 1 is 1.19 bits per heavy atom. The number of nitrogens with one attached hydrogen (secondary N) is 2. The molecule has 0 aliphatic heterocycles. The van der Waals surface area contributed by atoms with Gasteiger partial charge in [0.1, 0.15) is 11.4 Å². The van der Waals surface area contributed by atoms with Crippen LogP contribution in [0.2, 0.25) is 0 Å². The Morgan fingerprint density at radius 3 is 2.42 bits per heavy atom. The second-order valence-electron chi connectivity index (χ2n) is 5.88. The van der Waals surface area contributed by atoms with Crippen LogP contribution < -0.4 is 15.4 Å². The molecule has 136 valence electrons. The number of benzene rings is 2. The summed E-state index contributed by atoms with van der Waals surface area (Å²) in [6.07, 6.45) is 0.0387. The lowest BCUT2D eigenvalue weighted by Gasteiger charge is -2.12. The summed E-state index contributed by atoms with van der Waals surface area (Å²) in [6, 6.07) is 11.3. The number of ether oxygens (including phenoxy) is 1. The van der Waals surface area contributed by atoms with E-state index in [4.69, 9.17) is 17.0 Å². The number of thiocarbonyl (C=S) groups is 1. The third-order valence-electron chi connectivity index (χ3n) is 3.31. The molecule has 1 amide bonds. The van der Waals surface area contributed by atoms with Gasteiger partial charge in [0.05, 0.1) is 11.0 Å². The average Bonchev–Trinajstić information content (AvgIpc) is 2.56. The van der Waals surface area contributed by atoms with Crippen molar-refractivity contribution in [2.45, 2.75) is 26.9 Å². The van der Waals surface area contributed by atoms with Gasteiger partial charge in [0.15, 0.2) is 5.11 Å². The van der Waals surface area contributed by atoms with E-state index in [2.05, 4.69) is 10.6 Å². The van der Waals surface area contributed by atoms with Crippen LogP contribution in [0, 0.1) is 17.0 Å². The molecule has 0 unspecified atom stereocenters. The second kappa shape index (κ2) is 8.39. The topological polar surface area (TPSA) is 93.5 Å².